The third kappa shape index (κ3) is 33.9. The van der Waals surface area contributed by atoms with Crippen LogP contribution in [0.4, 0.5) is 0 Å². The van der Waals surface area contributed by atoms with Crippen molar-refractivity contribution in [3.63, 3.8) is 0 Å². The van der Waals surface area contributed by atoms with E-state index in [2.05, 4.69) is 63.1 Å². The Kier molecular flexibility index (Phi) is 24.5. The van der Waals surface area contributed by atoms with E-state index in [0.29, 0.717) is 10.8 Å². The zero-order chi connectivity index (χ0) is 17.6. The van der Waals surface area contributed by atoms with E-state index in [1.165, 1.54) is 57.9 Å². The first-order valence-corrected chi connectivity index (χ1v) is 9.32. The zero-order valence-corrected chi connectivity index (χ0v) is 19.5. The second kappa shape index (κ2) is 18.3. The highest BCUT2D eigenvalue weighted by molar-refractivity contribution is 4.50. The number of rotatable bonds is 11. The summed E-state index contributed by atoms with van der Waals surface area (Å²) in [6, 6.07) is 0. The molecule has 0 aliphatic heterocycles. The Morgan fingerprint density at radius 2 is 1.17 bits per heavy atom. The summed E-state index contributed by atoms with van der Waals surface area (Å²) in [5.74, 6) is 0. The molecule has 0 bridgehead atoms. The lowest BCUT2D eigenvalue weighted by Crippen LogP contribution is -3.00. The van der Waals surface area contributed by atoms with Crippen molar-refractivity contribution in [1.29, 1.82) is 0 Å². The highest BCUT2D eigenvalue weighted by atomic mass is 35.5. The van der Waals surface area contributed by atoms with Gasteiger partial charge in [0.1, 0.15) is 6.10 Å². The van der Waals surface area contributed by atoms with Gasteiger partial charge in [0.05, 0.1) is 48.8 Å². The first-order valence-electron chi connectivity index (χ1n) is 9.32. The normalized spacial score (nSPS) is 12.4. The lowest BCUT2D eigenvalue weighted by atomic mass is 10.1. The van der Waals surface area contributed by atoms with E-state index in [4.69, 9.17) is 4.84 Å². The Morgan fingerprint density at radius 3 is 1.50 bits per heavy atom. The molecular formula is C19H46Cl2N2O. The maximum absolute atomic E-state index is 5.80. The average Bonchev–Trinajstić information content (AvgIpc) is 2.30. The second-order valence-electron chi connectivity index (χ2n) is 8.38. The molecule has 0 aromatic heterocycles. The molecule has 0 aliphatic rings. The Labute approximate surface area is 166 Å². The molecule has 0 rings (SSSR count). The van der Waals surface area contributed by atoms with Gasteiger partial charge < -0.3 is 29.3 Å². The van der Waals surface area contributed by atoms with Crippen molar-refractivity contribution in [3.05, 3.63) is 0 Å². The van der Waals surface area contributed by atoms with Gasteiger partial charge >= 0.3 is 0 Å². The van der Waals surface area contributed by atoms with Gasteiger partial charge in [0, 0.05) is 0 Å². The SMILES string of the molecule is CCCCCCCCC(C)O[N+](C)(C)C.CCC[N+](C)(C)C.[Cl-].[Cl-]. The summed E-state index contributed by atoms with van der Waals surface area (Å²) in [7, 11) is 12.8. The lowest BCUT2D eigenvalue weighted by Gasteiger charge is -2.25. The summed E-state index contributed by atoms with van der Waals surface area (Å²) < 4.78 is 1.70. The van der Waals surface area contributed by atoms with Crippen molar-refractivity contribution in [2.24, 2.45) is 0 Å². The van der Waals surface area contributed by atoms with Gasteiger partial charge in [0.15, 0.2) is 0 Å². The molecule has 152 valence electrons. The predicted octanol–water partition coefficient (Wildman–Crippen LogP) is -1.13. The molecule has 0 radical (unpaired) electrons. The monoisotopic (exact) mass is 388 g/mol. The van der Waals surface area contributed by atoms with Crippen LogP contribution in [0.3, 0.4) is 0 Å². The van der Waals surface area contributed by atoms with Crippen LogP contribution in [-0.4, -0.2) is 64.1 Å². The first kappa shape index (κ1) is 32.2. The standard InChI is InChI=1S/C13H30NO.C6H16N.2ClH/c1-6-7-8-9-10-11-12-13(2)15-14(3,4)5;1-5-6-7(2,3)4;;/h13H,6-12H2,1-5H3;5-6H2,1-4H3;2*1H/q2*+1;;/p-2. The molecule has 0 heterocycles. The fourth-order valence-electron chi connectivity index (χ4n) is 2.48. The molecule has 0 aromatic carbocycles. The van der Waals surface area contributed by atoms with E-state index in [9.17, 15) is 0 Å². The molecule has 0 amide bonds. The highest BCUT2D eigenvalue weighted by Gasteiger charge is 2.14. The average molecular weight is 389 g/mol. The molecule has 24 heavy (non-hydrogen) atoms. The molecule has 0 saturated heterocycles. The number of hydrogen-bond donors (Lipinski definition) is 0. The maximum atomic E-state index is 5.80. The van der Waals surface area contributed by atoms with Gasteiger partial charge in [-0.05, 0) is 19.8 Å². The number of hydroxylamine groups is 3. The van der Waals surface area contributed by atoms with E-state index >= 15 is 0 Å². The highest BCUT2D eigenvalue weighted by Crippen LogP contribution is 2.11. The summed E-state index contributed by atoms with van der Waals surface area (Å²) in [5.41, 5.74) is 0. The second-order valence-corrected chi connectivity index (χ2v) is 8.38. The largest absolute Gasteiger partial charge is 1.00 e. The third-order valence-electron chi connectivity index (χ3n) is 3.35. The number of unbranched alkanes of at least 4 members (excludes halogenated alkanes) is 5. The van der Waals surface area contributed by atoms with E-state index in [1.807, 2.05) is 0 Å². The van der Waals surface area contributed by atoms with Crippen LogP contribution in [0.5, 0.6) is 0 Å². The van der Waals surface area contributed by atoms with Crippen molar-refractivity contribution in [2.45, 2.75) is 78.2 Å². The molecule has 1 unspecified atom stereocenters. The van der Waals surface area contributed by atoms with Gasteiger partial charge in [-0.3, -0.25) is 0 Å². The van der Waals surface area contributed by atoms with Gasteiger partial charge in [-0.2, -0.15) is 4.65 Å². The summed E-state index contributed by atoms with van der Waals surface area (Å²) in [6.45, 7) is 7.93. The molecule has 1 atom stereocenters. The Balaban J connectivity index is -0.000000191. The molecule has 0 fully saturated rings. The lowest BCUT2D eigenvalue weighted by molar-refractivity contribution is -1.07. The zero-order valence-electron chi connectivity index (χ0n) is 18.0. The summed E-state index contributed by atoms with van der Waals surface area (Å²) in [5, 5.41) is 0. The molecule has 0 saturated carbocycles. The van der Waals surface area contributed by atoms with Crippen LogP contribution in [0.2, 0.25) is 0 Å². The Hall–Kier alpha value is 0.460. The Bertz CT molecular complexity index is 239. The van der Waals surface area contributed by atoms with Crippen LogP contribution in [0.1, 0.15) is 72.1 Å². The first-order chi connectivity index (χ1) is 10.0. The third-order valence-corrected chi connectivity index (χ3v) is 3.35. The van der Waals surface area contributed by atoms with Gasteiger partial charge in [-0.1, -0.05) is 52.4 Å². The minimum Gasteiger partial charge on any atom is -1.00 e. The fourth-order valence-corrected chi connectivity index (χ4v) is 2.48. The van der Waals surface area contributed by atoms with Crippen molar-refractivity contribution in [1.82, 2.24) is 0 Å². The van der Waals surface area contributed by atoms with Gasteiger partial charge in [-0.25, -0.2) is 4.84 Å². The van der Waals surface area contributed by atoms with E-state index < -0.39 is 0 Å². The maximum Gasteiger partial charge on any atom is 0.114 e. The molecule has 0 aliphatic carbocycles. The number of halogens is 2. The van der Waals surface area contributed by atoms with Crippen LogP contribution >= 0.6 is 0 Å². The van der Waals surface area contributed by atoms with Crippen LogP contribution < -0.4 is 24.8 Å². The van der Waals surface area contributed by atoms with Crippen LogP contribution in [0, 0.1) is 0 Å². The minimum atomic E-state index is 0. The van der Waals surface area contributed by atoms with Crippen molar-refractivity contribution in [3.8, 4) is 0 Å². The number of hydrogen-bond acceptors (Lipinski definition) is 1. The molecular weight excluding hydrogens is 343 g/mol. The van der Waals surface area contributed by atoms with Crippen molar-refractivity contribution in [2.75, 3.05) is 48.8 Å². The Morgan fingerprint density at radius 1 is 0.708 bits per heavy atom. The van der Waals surface area contributed by atoms with E-state index in [-0.39, 0.29) is 24.8 Å². The predicted molar refractivity (Wildman–Crippen MR) is 99.8 cm³/mol. The topological polar surface area (TPSA) is 9.23 Å². The van der Waals surface area contributed by atoms with Crippen molar-refractivity contribution < 1.29 is 38.8 Å². The smallest absolute Gasteiger partial charge is 0.114 e. The molecule has 0 N–H and O–H groups in total. The minimum absolute atomic E-state index is 0. The van der Waals surface area contributed by atoms with Gasteiger partial charge in [0.2, 0.25) is 0 Å². The molecule has 5 heteroatoms. The van der Waals surface area contributed by atoms with Gasteiger partial charge in [-0.15, -0.1) is 0 Å². The number of nitrogens with zero attached hydrogens (tertiary/aromatic N) is 2. The van der Waals surface area contributed by atoms with Crippen LogP contribution in [0.25, 0.3) is 0 Å². The quantitative estimate of drug-likeness (QED) is 0.247. The summed E-state index contributed by atoms with van der Waals surface area (Å²) in [4.78, 5) is 5.80. The van der Waals surface area contributed by atoms with Crippen molar-refractivity contribution >= 4 is 0 Å². The fraction of sp³-hybridized carbons (Fsp3) is 1.00. The van der Waals surface area contributed by atoms with Gasteiger partial charge in [0.25, 0.3) is 0 Å². The van der Waals surface area contributed by atoms with E-state index in [1.54, 1.807) is 0 Å². The number of quaternary nitrogens is 2. The van der Waals surface area contributed by atoms with Crippen LogP contribution in [-0.2, 0) is 4.84 Å². The van der Waals surface area contributed by atoms with E-state index in [0.717, 1.165) is 4.48 Å². The summed E-state index contributed by atoms with van der Waals surface area (Å²) in [6.07, 6.45) is 11.1. The van der Waals surface area contributed by atoms with Crippen LogP contribution in [0.15, 0.2) is 0 Å². The molecule has 0 aromatic rings. The molecule has 0 spiro atoms. The summed E-state index contributed by atoms with van der Waals surface area (Å²) >= 11 is 0. The molecule has 3 nitrogen and oxygen atoms in total.